The maximum Gasteiger partial charge on any atom is 0.181 e. The summed E-state index contributed by atoms with van der Waals surface area (Å²) < 4.78 is 5.04. The third-order valence-electron chi connectivity index (χ3n) is 3.73. The van der Waals surface area contributed by atoms with Crippen molar-refractivity contribution in [2.75, 3.05) is 6.54 Å². The predicted octanol–water partition coefficient (Wildman–Crippen LogP) is 3.33. The molecular formula is C15H18N2O. The van der Waals surface area contributed by atoms with Gasteiger partial charge in [-0.05, 0) is 37.9 Å². The third-order valence-corrected chi connectivity index (χ3v) is 3.73. The minimum Gasteiger partial charge on any atom is -0.451 e. The van der Waals surface area contributed by atoms with E-state index in [0.717, 1.165) is 17.8 Å². The zero-order valence-corrected chi connectivity index (χ0v) is 10.7. The molecule has 18 heavy (non-hydrogen) atoms. The van der Waals surface area contributed by atoms with Gasteiger partial charge in [0.15, 0.2) is 6.39 Å². The van der Waals surface area contributed by atoms with Gasteiger partial charge in [0.2, 0.25) is 0 Å². The van der Waals surface area contributed by atoms with Crippen LogP contribution in [0.25, 0.3) is 11.3 Å². The van der Waals surface area contributed by atoms with Crippen LogP contribution in [0.15, 0.2) is 41.3 Å². The normalized spacial score (nSPS) is 20.4. The summed E-state index contributed by atoms with van der Waals surface area (Å²) in [5, 5.41) is 0. The summed E-state index contributed by atoms with van der Waals surface area (Å²) in [6, 6.07) is 9.28. The summed E-state index contributed by atoms with van der Waals surface area (Å²) in [5.41, 5.74) is 3.39. The van der Waals surface area contributed by atoms with Crippen molar-refractivity contribution in [1.82, 2.24) is 9.88 Å². The number of hydrogen-bond acceptors (Lipinski definition) is 3. The Morgan fingerprint density at radius 2 is 2.39 bits per heavy atom. The maximum atomic E-state index is 5.04. The Labute approximate surface area is 107 Å². The van der Waals surface area contributed by atoms with Crippen LogP contribution in [0.4, 0.5) is 0 Å². The van der Waals surface area contributed by atoms with Gasteiger partial charge in [0.05, 0.1) is 0 Å². The van der Waals surface area contributed by atoms with Crippen molar-refractivity contribution < 1.29 is 4.42 Å². The summed E-state index contributed by atoms with van der Waals surface area (Å²) in [6.07, 6.45) is 5.81. The highest BCUT2D eigenvalue weighted by Crippen LogP contribution is 2.22. The zero-order chi connectivity index (χ0) is 12.4. The number of hydrogen-bond donors (Lipinski definition) is 0. The van der Waals surface area contributed by atoms with E-state index in [1.165, 1.54) is 31.3 Å². The molecule has 3 heteroatoms. The van der Waals surface area contributed by atoms with E-state index in [0.29, 0.717) is 6.04 Å². The molecule has 0 aliphatic carbocycles. The van der Waals surface area contributed by atoms with Crippen LogP contribution in [-0.4, -0.2) is 22.5 Å². The Morgan fingerprint density at radius 3 is 3.11 bits per heavy atom. The van der Waals surface area contributed by atoms with Gasteiger partial charge in [-0.25, -0.2) is 4.98 Å². The number of benzene rings is 1. The quantitative estimate of drug-likeness (QED) is 0.826. The Balaban J connectivity index is 1.79. The van der Waals surface area contributed by atoms with E-state index in [1.54, 1.807) is 6.26 Å². The van der Waals surface area contributed by atoms with E-state index in [9.17, 15) is 0 Å². The number of nitrogens with zero attached hydrogens (tertiary/aromatic N) is 2. The topological polar surface area (TPSA) is 29.3 Å². The first-order valence-electron chi connectivity index (χ1n) is 6.54. The zero-order valence-electron chi connectivity index (χ0n) is 10.7. The first-order valence-corrected chi connectivity index (χ1v) is 6.54. The average Bonchev–Trinajstić information content (AvgIpc) is 3.02. The van der Waals surface area contributed by atoms with Crippen LogP contribution in [0.1, 0.15) is 25.3 Å². The van der Waals surface area contributed by atoms with E-state index in [2.05, 4.69) is 41.1 Å². The Morgan fingerprint density at radius 1 is 1.44 bits per heavy atom. The van der Waals surface area contributed by atoms with E-state index in [-0.39, 0.29) is 0 Å². The molecule has 1 unspecified atom stereocenters. The molecule has 1 aromatic carbocycles. The summed E-state index contributed by atoms with van der Waals surface area (Å²) in [7, 11) is 0. The van der Waals surface area contributed by atoms with Crippen LogP contribution < -0.4 is 0 Å². The van der Waals surface area contributed by atoms with Crippen molar-refractivity contribution in [1.29, 1.82) is 0 Å². The standard InChI is InChI=1S/C15H18N2O/c1-12-4-3-7-17(12)9-13-5-2-6-14(8-13)15-10-18-11-16-15/h2,5-6,8,10-12H,3-4,7,9H2,1H3. The van der Waals surface area contributed by atoms with Gasteiger partial charge in [-0.15, -0.1) is 0 Å². The van der Waals surface area contributed by atoms with Gasteiger partial charge in [0.25, 0.3) is 0 Å². The van der Waals surface area contributed by atoms with Crippen molar-refractivity contribution in [2.24, 2.45) is 0 Å². The summed E-state index contributed by atoms with van der Waals surface area (Å²) in [6.45, 7) is 4.57. The number of likely N-dealkylation sites (tertiary alicyclic amines) is 1. The SMILES string of the molecule is CC1CCCN1Cc1cccc(-c2cocn2)c1. The fourth-order valence-electron chi connectivity index (χ4n) is 2.65. The monoisotopic (exact) mass is 242 g/mol. The van der Waals surface area contributed by atoms with Crippen LogP contribution in [0.5, 0.6) is 0 Å². The van der Waals surface area contributed by atoms with E-state index in [4.69, 9.17) is 4.42 Å². The second-order valence-electron chi connectivity index (χ2n) is 5.04. The van der Waals surface area contributed by atoms with E-state index in [1.807, 2.05) is 0 Å². The van der Waals surface area contributed by atoms with Crippen LogP contribution in [0.2, 0.25) is 0 Å². The predicted molar refractivity (Wildman–Crippen MR) is 71.0 cm³/mol. The lowest BCUT2D eigenvalue weighted by atomic mass is 10.1. The number of rotatable bonds is 3. The molecule has 2 aromatic rings. The molecule has 1 aliphatic heterocycles. The largest absolute Gasteiger partial charge is 0.451 e. The highest BCUT2D eigenvalue weighted by molar-refractivity contribution is 5.58. The van der Waals surface area contributed by atoms with Crippen molar-refractivity contribution in [3.8, 4) is 11.3 Å². The fourth-order valence-corrected chi connectivity index (χ4v) is 2.65. The molecule has 2 heterocycles. The second kappa shape index (κ2) is 4.94. The second-order valence-corrected chi connectivity index (χ2v) is 5.04. The molecule has 1 aliphatic rings. The van der Waals surface area contributed by atoms with E-state index >= 15 is 0 Å². The van der Waals surface area contributed by atoms with Crippen molar-refractivity contribution in [2.45, 2.75) is 32.4 Å². The summed E-state index contributed by atoms with van der Waals surface area (Å²) >= 11 is 0. The van der Waals surface area contributed by atoms with Gasteiger partial charge in [-0.3, -0.25) is 4.90 Å². The molecule has 0 bridgehead atoms. The van der Waals surface area contributed by atoms with E-state index < -0.39 is 0 Å². The lowest BCUT2D eigenvalue weighted by Crippen LogP contribution is -2.26. The van der Waals surface area contributed by atoms with Crippen molar-refractivity contribution in [3.05, 3.63) is 42.5 Å². The van der Waals surface area contributed by atoms with Gasteiger partial charge >= 0.3 is 0 Å². The van der Waals surface area contributed by atoms with Gasteiger partial charge in [-0.1, -0.05) is 18.2 Å². The van der Waals surface area contributed by atoms with Crippen LogP contribution in [0, 0.1) is 0 Å². The molecule has 0 amide bonds. The number of aromatic nitrogens is 1. The van der Waals surface area contributed by atoms with Gasteiger partial charge in [-0.2, -0.15) is 0 Å². The maximum absolute atomic E-state index is 5.04. The van der Waals surface area contributed by atoms with Crippen LogP contribution in [-0.2, 0) is 6.54 Å². The molecular weight excluding hydrogens is 224 g/mol. The first-order chi connectivity index (χ1) is 8.83. The van der Waals surface area contributed by atoms with Gasteiger partial charge in [0, 0.05) is 18.2 Å². The highest BCUT2D eigenvalue weighted by atomic mass is 16.3. The highest BCUT2D eigenvalue weighted by Gasteiger charge is 2.20. The first kappa shape index (κ1) is 11.5. The molecule has 1 fully saturated rings. The lowest BCUT2D eigenvalue weighted by molar-refractivity contribution is 0.260. The summed E-state index contributed by atoms with van der Waals surface area (Å²) in [4.78, 5) is 6.74. The smallest absolute Gasteiger partial charge is 0.181 e. The molecule has 3 nitrogen and oxygen atoms in total. The lowest BCUT2D eigenvalue weighted by Gasteiger charge is -2.21. The third kappa shape index (κ3) is 2.31. The molecule has 0 N–H and O–H groups in total. The van der Waals surface area contributed by atoms with Crippen molar-refractivity contribution >= 4 is 0 Å². The molecule has 0 radical (unpaired) electrons. The fraction of sp³-hybridized carbons (Fsp3) is 0.400. The molecule has 0 saturated carbocycles. The molecule has 94 valence electrons. The summed E-state index contributed by atoms with van der Waals surface area (Å²) in [5.74, 6) is 0. The van der Waals surface area contributed by atoms with Crippen LogP contribution >= 0.6 is 0 Å². The molecule has 0 spiro atoms. The Hall–Kier alpha value is -1.61. The Kier molecular flexibility index (Phi) is 3.15. The minimum atomic E-state index is 0.709. The molecule has 1 saturated heterocycles. The average molecular weight is 242 g/mol. The number of oxazole rings is 1. The Bertz CT molecular complexity index is 507. The van der Waals surface area contributed by atoms with Gasteiger partial charge in [0.1, 0.15) is 12.0 Å². The minimum absolute atomic E-state index is 0.709. The molecule has 1 aromatic heterocycles. The molecule has 1 atom stereocenters. The molecule has 3 rings (SSSR count). The van der Waals surface area contributed by atoms with Gasteiger partial charge < -0.3 is 4.42 Å². The van der Waals surface area contributed by atoms with Crippen LogP contribution in [0.3, 0.4) is 0 Å². The van der Waals surface area contributed by atoms with Crippen molar-refractivity contribution in [3.63, 3.8) is 0 Å².